The number of anilines is 1. The number of urea groups is 1. The number of carbonyl (C=O) groups is 3. The molecule has 0 aliphatic carbocycles. The largest absolute Gasteiger partial charge is 0.354 e. The zero-order valence-corrected chi connectivity index (χ0v) is 17.0. The molecule has 0 fully saturated rings. The summed E-state index contributed by atoms with van der Waals surface area (Å²) in [5.74, 6) is -0.784. The molecule has 0 aliphatic heterocycles. The monoisotopic (exact) mass is 414 g/mol. The third-order valence-electron chi connectivity index (χ3n) is 4.14. The van der Waals surface area contributed by atoms with Gasteiger partial charge in [-0.1, -0.05) is 31.2 Å². The van der Waals surface area contributed by atoms with Crippen LogP contribution in [0.4, 0.5) is 14.9 Å². The normalized spacial score (nSPS) is 10.2. The van der Waals surface area contributed by atoms with Gasteiger partial charge < -0.3 is 21.3 Å². The quantitative estimate of drug-likeness (QED) is 0.449. The van der Waals surface area contributed by atoms with Crippen LogP contribution in [-0.4, -0.2) is 37.5 Å². The van der Waals surface area contributed by atoms with Crippen LogP contribution in [0.2, 0.25) is 0 Å². The minimum Gasteiger partial charge on any atom is -0.354 e. The zero-order valence-electron chi connectivity index (χ0n) is 17.0. The van der Waals surface area contributed by atoms with Crippen molar-refractivity contribution in [3.63, 3.8) is 0 Å². The third kappa shape index (κ3) is 8.72. The van der Waals surface area contributed by atoms with Gasteiger partial charge in [0.1, 0.15) is 5.82 Å². The first-order valence-electron chi connectivity index (χ1n) is 9.88. The summed E-state index contributed by atoms with van der Waals surface area (Å²) < 4.78 is 13.1. The van der Waals surface area contributed by atoms with Gasteiger partial charge in [0.05, 0.1) is 12.8 Å². The van der Waals surface area contributed by atoms with Crippen molar-refractivity contribution in [3.8, 4) is 0 Å². The molecule has 0 saturated heterocycles. The zero-order chi connectivity index (χ0) is 21.8. The van der Waals surface area contributed by atoms with Crippen LogP contribution in [0.3, 0.4) is 0 Å². The molecular weight excluding hydrogens is 387 g/mol. The maximum absolute atomic E-state index is 13.1. The van der Waals surface area contributed by atoms with Crippen LogP contribution < -0.4 is 21.3 Å². The molecule has 0 saturated carbocycles. The summed E-state index contributed by atoms with van der Waals surface area (Å²) in [5, 5.41) is 10.9. The van der Waals surface area contributed by atoms with Gasteiger partial charge in [0.15, 0.2) is 0 Å². The van der Waals surface area contributed by atoms with Crippen molar-refractivity contribution in [3.05, 3.63) is 65.5 Å². The van der Waals surface area contributed by atoms with Gasteiger partial charge in [-0.3, -0.25) is 9.59 Å². The molecule has 0 radical (unpaired) electrons. The molecule has 4 N–H and O–H groups in total. The number of rotatable bonds is 10. The predicted molar refractivity (Wildman–Crippen MR) is 114 cm³/mol. The Bertz CT molecular complexity index is 856. The van der Waals surface area contributed by atoms with Gasteiger partial charge in [0.2, 0.25) is 11.8 Å². The van der Waals surface area contributed by atoms with E-state index >= 15 is 0 Å². The molecule has 160 valence electrons. The molecule has 0 aliphatic rings. The topological polar surface area (TPSA) is 99.3 Å². The average molecular weight is 414 g/mol. The van der Waals surface area contributed by atoms with E-state index in [4.69, 9.17) is 0 Å². The highest BCUT2D eigenvalue weighted by Gasteiger charge is 2.06. The second-order valence-corrected chi connectivity index (χ2v) is 6.76. The molecule has 0 aromatic heterocycles. The second-order valence-electron chi connectivity index (χ2n) is 6.76. The van der Waals surface area contributed by atoms with Crippen LogP contribution in [0.15, 0.2) is 48.5 Å². The number of carbonyl (C=O) groups excluding carboxylic acids is 3. The molecule has 0 unspecified atom stereocenters. The van der Waals surface area contributed by atoms with Gasteiger partial charge in [-0.25, -0.2) is 9.18 Å². The molecule has 7 nitrogen and oxygen atoms in total. The van der Waals surface area contributed by atoms with Crippen molar-refractivity contribution >= 4 is 23.5 Å². The maximum atomic E-state index is 13.1. The highest BCUT2D eigenvalue weighted by molar-refractivity contribution is 5.89. The molecular formula is C22H27FN4O3. The molecule has 0 bridgehead atoms. The van der Waals surface area contributed by atoms with Crippen molar-refractivity contribution in [2.75, 3.05) is 25.0 Å². The Kier molecular flexibility index (Phi) is 9.30. The number of amides is 4. The highest BCUT2D eigenvalue weighted by atomic mass is 19.1. The molecule has 30 heavy (non-hydrogen) atoms. The fraction of sp³-hybridized carbons (Fsp3) is 0.318. The van der Waals surface area contributed by atoms with E-state index in [2.05, 4.69) is 21.3 Å². The Morgan fingerprint density at radius 3 is 2.03 bits per heavy atom. The number of hydrogen-bond donors (Lipinski definition) is 4. The molecule has 4 amide bonds. The van der Waals surface area contributed by atoms with Gasteiger partial charge in [-0.05, 0) is 41.8 Å². The van der Waals surface area contributed by atoms with Gasteiger partial charge in [0.25, 0.3) is 0 Å². The van der Waals surface area contributed by atoms with Gasteiger partial charge >= 0.3 is 6.03 Å². The van der Waals surface area contributed by atoms with E-state index < -0.39 is 0 Å². The van der Waals surface area contributed by atoms with E-state index in [1.165, 1.54) is 12.1 Å². The van der Waals surface area contributed by atoms with E-state index in [1.807, 2.05) is 6.92 Å². The van der Waals surface area contributed by atoms with Crippen molar-refractivity contribution in [1.29, 1.82) is 0 Å². The Morgan fingerprint density at radius 2 is 1.43 bits per heavy atom. The molecule has 0 spiro atoms. The molecule has 2 aromatic carbocycles. The summed E-state index contributed by atoms with van der Waals surface area (Å²) in [5.41, 5.74) is 2.05. The van der Waals surface area contributed by atoms with E-state index in [-0.39, 0.29) is 43.0 Å². The lowest BCUT2D eigenvalue weighted by atomic mass is 10.1. The Labute approximate surface area is 175 Å². The van der Waals surface area contributed by atoms with Crippen molar-refractivity contribution in [2.45, 2.75) is 26.2 Å². The standard InChI is InChI=1S/C22H27FN4O3/c1-2-10-26-22(30)27-19-8-6-16(7-9-19)14-20(28)24-11-12-25-21(29)15-17-4-3-5-18(23)13-17/h3-9,13H,2,10-12,14-15H2,1H3,(H,24,28)(H,25,29)(H2,26,27,30). The summed E-state index contributed by atoms with van der Waals surface area (Å²) in [6.07, 6.45) is 1.14. The predicted octanol–water partition coefficient (Wildman–Crippen LogP) is 2.37. The van der Waals surface area contributed by atoms with Crippen molar-refractivity contribution < 1.29 is 18.8 Å². The Hall–Kier alpha value is -3.42. The van der Waals surface area contributed by atoms with Crippen LogP contribution in [0, 0.1) is 5.82 Å². The van der Waals surface area contributed by atoms with E-state index in [1.54, 1.807) is 36.4 Å². The number of halogens is 1. The fourth-order valence-electron chi connectivity index (χ4n) is 2.67. The van der Waals surface area contributed by atoms with Crippen LogP contribution in [0.5, 0.6) is 0 Å². The number of benzene rings is 2. The first-order valence-corrected chi connectivity index (χ1v) is 9.88. The Morgan fingerprint density at radius 1 is 0.800 bits per heavy atom. The van der Waals surface area contributed by atoms with Gasteiger partial charge in [-0.2, -0.15) is 0 Å². The van der Waals surface area contributed by atoms with E-state index in [9.17, 15) is 18.8 Å². The van der Waals surface area contributed by atoms with Crippen LogP contribution in [-0.2, 0) is 22.4 Å². The molecule has 2 rings (SSSR count). The summed E-state index contributed by atoms with van der Waals surface area (Å²) >= 11 is 0. The third-order valence-corrected chi connectivity index (χ3v) is 4.14. The first-order chi connectivity index (χ1) is 14.5. The van der Waals surface area contributed by atoms with Crippen LogP contribution in [0.1, 0.15) is 24.5 Å². The summed E-state index contributed by atoms with van der Waals surface area (Å²) in [6.45, 7) is 3.16. The van der Waals surface area contributed by atoms with E-state index in [0.717, 1.165) is 12.0 Å². The molecule has 2 aromatic rings. The summed E-state index contributed by atoms with van der Waals surface area (Å²) in [4.78, 5) is 35.5. The SMILES string of the molecule is CCCNC(=O)Nc1ccc(CC(=O)NCCNC(=O)Cc2cccc(F)c2)cc1. The smallest absolute Gasteiger partial charge is 0.319 e. The lowest BCUT2D eigenvalue weighted by molar-refractivity contribution is -0.122. The molecule has 0 atom stereocenters. The van der Waals surface area contributed by atoms with Gasteiger partial charge in [-0.15, -0.1) is 0 Å². The summed E-state index contributed by atoms with van der Waals surface area (Å²) in [7, 11) is 0. The second kappa shape index (κ2) is 12.2. The first kappa shape index (κ1) is 22.9. The van der Waals surface area contributed by atoms with Crippen LogP contribution in [0.25, 0.3) is 0 Å². The number of hydrogen-bond acceptors (Lipinski definition) is 3. The number of nitrogens with one attached hydrogen (secondary N) is 4. The minimum absolute atomic E-state index is 0.0859. The minimum atomic E-state index is -0.379. The Balaban J connectivity index is 1.64. The van der Waals surface area contributed by atoms with Crippen molar-refractivity contribution in [2.24, 2.45) is 0 Å². The lowest BCUT2D eigenvalue weighted by Crippen LogP contribution is -2.35. The highest BCUT2D eigenvalue weighted by Crippen LogP contribution is 2.10. The lowest BCUT2D eigenvalue weighted by Gasteiger charge is -2.09. The molecule has 8 heteroatoms. The average Bonchev–Trinajstić information content (AvgIpc) is 2.71. The van der Waals surface area contributed by atoms with E-state index in [0.29, 0.717) is 24.3 Å². The van der Waals surface area contributed by atoms with Gasteiger partial charge in [0, 0.05) is 25.3 Å². The van der Waals surface area contributed by atoms with Crippen molar-refractivity contribution in [1.82, 2.24) is 16.0 Å². The van der Waals surface area contributed by atoms with Crippen LogP contribution >= 0.6 is 0 Å². The fourth-order valence-corrected chi connectivity index (χ4v) is 2.67. The molecule has 0 heterocycles. The summed E-state index contributed by atoms with van der Waals surface area (Å²) in [6, 6.07) is 12.6. The maximum Gasteiger partial charge on any atom is 0.319 e.